The van der Waals surface area contributed by atoms with Crippen molar-refractivity contribution in [3.63, 3.8) is 0 Å². The molecule has 0 radical (unpaired) electrons. The molecule has 0 aliphatic heterocycles. The number of pyridine rings is 2. The topological polar surface area (TPSA) is 96.8 Å². The molecule has 1 aromatic carbocycles. The Morgan fingerprint density at radius 1 is 0.875 bits per heavy atom. The van der Waals surface area contributed by atoms with E-state index in [1.54, 1.807) is 36.7 Å². The van der Waals surface area contributed by atoms with Crippen molar-refractivity contribution in [3.05, 3.63) is 77.1 Å². The first-order chi connectivity index (χ1) is 19.4. The van der Waals surface area contributed by atoms with Crippen molar-refractivity contribution in [3.8, 4) is 17.5 Å². The average molecular weight is 543 g/mol. The Morgan fingerprint density at radius 3 is 2.27 bits per heavy atom. The Labute approximate surface area is 234 Å². The maximum absolute atomic E-state index is 13.1. The molecule has 0 spiro atoms. The molecule has 0 amide bonds. The monoisotopic (exact) mass is 542 g/mol. The minimum atomic E-state index is -0.484. The summed E-state index contributed by atoms with van der Waals surface area (Å²) in [6.07, 6.45) is 9.03. The van der Waals surface area contributed by atoms with Crippen LogP contribution in [0, 0.1) is 17.3 Å². The first-order valence-corrected chi connectivity index (χ1v) is 14.0. The van der Waals surface area contributed by atoms with Crippen molar-refractivity contribution in [2.24, 2.45) is 17.3 Å². The van der Waals surface area contributed by atoms with Gasteiger partial charge in [0.15, 0.2) is 0 Å². The Morgan fingerprint density at radius 2 is 1.57 bits per heavy atom. The van der Waals surface area contributed by atoms with Crippen molar-refractivity contribution in [2.75, 3.05) is 14.2 Å². The fourth-order valence-electron chi connectivity index (χ4n) is 7.54. The number of fused-ring (bicyclic) bond motifs is 5. The van der Waals surface area contributed by atoms with E-state index in [1.165, 1.54) is 25.3 Å². The lowest BCUT2D eigenvalue weighted by Gasteiger charge is -2.50. The Balaban J connectivity index is 1.16. The zero-order valence-corrected chi connectivity index (χ0v) is 23.1. The number of hydrogen-bond acceptors (Lipinski definition) is 8. The summed E-state index contributed by atoms with van der Waals surface area (Å²) in [7, 11) is 3.00. The van der Waals surface area contributed by atoms with Crippen molar-refractivity contribution >= 4 is 11.9 Å². The summed E-state index contributed by atoms with van der Waals surface area (Å²) >= 11 is 0. The minimum Gasteiger partial charge on any atom is -0.480 e. The van der Waals surface area contributed by atoms with Crippen LogP contribution in [0.5, 0.6) is 17.5 Å². The van der Waals surface area contributed by atoms with Crippen LogP contribution in [0.2, 0.25) is 0 Å². The summed E-state index contributed by atoms with van der Waals surface area (Å²) in [6, 6.07) is 12.8. The molecule has 2 aromatic heterocycles. The molecule has 3 aliphatic carbocycles. The number of rotatable bonds is 6. The summed E-state index contributed by atoms with van der Waals surface area (Å²) in [5, 5.41) is 0. The molecule has 2 saturated carbocycles. The molecular weight excluding hydrogens is 508 g/mol. The molecular formula is C32H34N2O6. The summed E-state index contributed by atoms with van der Waals surface area (Å²) in [5.41, 5.74) is 3.22. The van der Waals surface area contributed by atoms with Gasteiger partial charge in [-0.25, -0.2) is 19.6 Å². The number of methoxy groups -OCH3 is 2. The third-order valence-corrected chi connectivity index (χ3v) is 9.44. The van der Waals surface area contributed by atoms with Crippen LogP contribution in [-0.2, 0) is 11.2 Å². The van der Waals surface area contributed by atoms with Gasteiger partial charge in [0, 0.05) is 17.8 Å². The Bertz CT molecular complexity index is 1440. The molecule has 3 aromatic rings. The van der Waals surface area contributed by atoms with E-state index in [0.29, 0.717) is 40.5 Å². The zero-order valence-electron chi connectivity index (χ0n) is 23.1. The van der Waals surface area contributed by atoms with Crippen LogP contribution in [0.3, 0.4) is 0 Å². The molecule has 8 nitrogen and oxygen atoms in total. The van der Waals surface area contributed by atoms with E-state index in [-0.39, 0.29) is 23.4 Å². The summed E-state index contributed by atoms with van der Waals surface area (Å²) < 4.78 is 22.4. The second kappa shape index (κ2) is 10.6. The molecule has 3 aliphatic rings. The molecule has 40 heavy (non-hydrogen) atoms. The fraction of sp³-hybridized carbons (Fsp3) is 0.438. The third-order valence-electron chi connectivity index (χ3n) is 9.44. The Kier molecular flexibility index (Phi) is 6.94. The second-order valence-corrected chi connectivity index (χ2v) is 11.3. The highest BCUT2D eigenvalue weighted by atomic mass is 16.5. The number of carbonyl (C=O) groups is 2. The number of carbonyl (C=O) groups excluding carboxylic acids is 2. The molecule has 208 valence electrons. The SMILES string of the molecule is COc1ncccc1C(=O)Oc1ccc2c(c1)CC[C@@H]1[C@@H]2CC[C@]2(C)[C@@H](OC(=O)c3cccnc3OC)CC[C@@H]12. The van der Waals surface area contributed by atoms with Gasteiger partial charge < -0.3 is 18.9 Å². The molecule has 5 atom stereocenters. The van der Waals surface area contributed by atoms with E-state index in [1.807, 2.05) is 12.1 Å². The fourth-order valence-corrected chi connectivity index (χ4v) is 7.54. The van der Waals surface area contributed by atoms with Gasteiger partial charge in [-0.15, -0.1) is 0 Å². The number of nitrogens with zero attached hydrogens (tertiary/aromatic N) is 2. The quantitative estimate of drug-likeness (QED) is 0.285. The molecule has 0 bridgehead atoms. The van der Waals surface area contributed by atoms with Gasteiger partial charge in [-0.3, -0.25) is 0 Å². The van der Waals surface area contributed by atoms with Crippen LogP contribution in [0.4, 0.5) is 0 Å². The van der Waals surface area contributed by atoms with E-state index in [9.17, 15) is 9.59 Å². The average Bonchev–Trinajstić information content (AvgIpc) is 3.32. The third kappa shape index (κ3) is 4.49. The van der Waals surface area contributed by atoms with Crippen molar-refractivity contribution in [1.29, 1.82) is 0 Å². The lowest BCUT2D eigenvalue weighted by molar-refractivity contribution is -0.0429. The van der Waals surface area contributed by atoms with Crippen LogP contribution < -0.4 is 14.2 Å². The molecule has 0 saturated heterocycles. The number of aryl methyl sites for hydroxylation is 1. The van der Waals surface area contributed by atoms with Crippen molar-refractivity contribution in [1.82, 2.24) is 9.97 Å². The molecule has 0 unspecified atom stereocenters. The van der Waals surface area contributed by atoms with Gasteiger partial charge in [0.25, 0.3) is 0 Å². The van der Waals surface area contributed by atoms with Gasteiger partial charge in [-0.05, 0) is 104 Å². The van der Waals surface area contributed by atoms with Crippen molar-refractivity contribution < 1.29 is 28.5 Å². The first kappa shape index (κ1) is 26.3. The van der Waals surface area contributed by atoms with Crippen LogP contribution in [-0.4, -0.2) is 42.2 Å². The number of hydrogen-bond donors (Lipinski definition) is 0. The summed E-state index contributed by atoms with van der Waals surface area (Å²) in [4.78, 5) is 34.1. The number of ether oxygens (including phenoxy) is 4. The molecule has 6 rings (SSSR count). The van der Waals surface area contributed by atoms with E-state index in [2.05, 4.69) is 23.0 Å². The lowest BCUT2D eigenvalue weighted by Crippen LogP contribution is -2.45. The largest absolute Gasteiger partial charge is 0.480 e. The predicted octanol–water partition coefficient (Wildman–Crippen LogP) is 5.79. The first-order valence-electron chi connectivity index (χ1n) is 14.0. The molecule has 0 N–H and O–H groups in total. The van der Waals surface area contributed by atoms with Crippen molar-refractivity contribution in [2.45, 2.75) is 57.5 Å². The predicted molar refractivity (Wildman–Crippen MR) is 147 cm³/mol. The zero-order chi connectivity index (χ0) is 27.9. The Hall–Kier alpha value is -3.94. The highest BCUT2D eigenvalue weighted by molar-refractivity contribution is 5.93. The highest BCUT2D eigenvalue weighted by Crippen LogP contribution is 2.61. The lowest BCUT2D eigenvalue weighted by atomic mass is 9.55. The molecule has 2 fully saturated rings. The van der Waals surface area contributed by atoms with Crippen LogP contribution in [0.25, 0.3) is 0 Å². The van der Waals surface area contributed by atoms with Crippen LogP contribution in [0.15, 0.2) is 54.9 Å². The minimum absolute atomic E-state index is 0.0536. The van der Waals surface area contributed by atoms with Crippen LogP contribution >= 0.6 is 0 Å². The van der Waals surface area contributed by atoms with Gasteiger partial charge in [-0.1, -0.05) is 13.0 Å². The van der Waals surface area contributed by atoms with Gasteiger partial charge >= 0.3 is 11.9 Å². The van der Waals surface area contributed by atoms with Crippen LogP contribution in [0.1, 0.15) is 76.8 Å². The second-order valence-electron chi connectivity index (χ2n) is 11.3. The van der Waals surface area contributed by atoms with Gasteiger partial charge in [0.1, 0.15) is 23.0 Å². The summed E-state index contributed by atoms with van der Waals surface area (Å²) in [5.74, 6) is 1.72. The normalized spacial score (nSPS) is 26.6. The van der Waals surface area contributed by atoms with E-state index in [0.717, 1.165) is 38.5 Å². The van der Waals surface area contributed by atoms with Gasteiger partial charge in [-0.2, -0.15) is 0 Å². The maximum atomic E-state index is 13.1. The standard InChI is InChI=1S/C32H34N2O6/c1-32-15-14-22-21-11-9-20(39-30(35)24-6-4-16-33-28(24)37-2)18-19(21)8-10-23(22)26(32)12-13-27(32)40-31(36)25-7-5-17-34-29(25)38-3/h4-7,9,11,16-18,22-23,26-27H,8,10,12-15H2,1-3H3/t22-,23-,26+,27+,32+/m1/s1. The van der Waals surface area contributed by atoms with E-state index in [4.69, 9.17) is 18.9 Å². The van der Waals surface area contributed by atoms with Gasteiger partial charge in [0.2, 0.25) is 11.8 Å². The number of esters is 2. The highest BCUT2D eigenvalue weighted by Gasteiger charge is 2.56. The molecule has 2 heterocycles. The smallest absolute Gasteiger partial charge is 0.349 e. The summed E-state index contributed by atoms with van der Waals surface area (Å²) in [6.45, 7) is 2.31. The maximum Gasteiger partial charge on any atom is 0.349 e. The van der Waals surface area contributed by atoms with E-state index < -0.39 is 5.97 Å². The molecule has 8 heteroatoms. The number of benzene rings is 1. The van der Waals surface area contributed by atoms with E-state index >= 15 is 0 Å². The van der Waals surface area contributed by atoms with Gasteiger partial charge in [0.05, 0.1) is 14.2 Å². The number of aromatic nitrogens is 2.